The van der Waals surface area contributed by atoms with E-state index in [-0.39, 0.29) is 24.0 Å². The van der Waals surface area contributed by atoms with Crippen LogP contribution >= 0.6 is 24.0 Å². The monoisotopic (exact) mass is 547 g/mol. The van der Waals surface area contributed by atoms with Crippen molar-refractivity contribution in [3.63, 3.8) is 0 Å². The molecule has 1 saturated heterocycles. The molecule has 4 rings (SSSR count). The molecular formula is C25H34IN5O. The first-order chi connectivity index (χ1) is 15.3. The number of halogens is 1. The number of rotatable bonds is 8. The predicted octanol–water partition coefficient (Wildman–Crippen LogP) is 3.92. The molecule has 0 saturated carbocycles. The van der Waals surface area contributed by atoms with Gasteiger partial charge < -0.3 is 20.4 Å². The number of hydrogen-bond acceptors (Lipinski definition) is 3. The fraction of sp³-hybridized carbons (Fsp3) is 0.400. The number of nitrogens with zero attached hydrogens (tertiary/aromatic N) is 2. The van der Waals surface area contributed by atoms with Gasteiger partial charge in [0.25, 0.3) is 0 Å². The Morgan fingerprint density at radius 1 is 1.03 bits per heavy atom. The van der Waals surface area contributed by atoms with Gasteiger partial charge in [-0.25, -0.2) is 4.99 Å². The van der Waals surface area contributed by atoms with Crippen molar-refractivity contribution >= 4 is 40.8 Å². The summed E-state index contributed by atoms with van der Waals surface area (Å²) < 4.78 is 5.43. The highest BCUT2D eigenvalue weighted by Crippen LogP contribution is 2.17. The summed E-state index contributed by atoms with van der Waals surface area (Å²) in [7, 11) is 0. The quantitative estimate of drug-likeness (QED) is 0.227. The summed E-state index contributed by atoms with van der Waals surface area (Å²) in [6.07, 6.45) is 3.06. The molecule has 1 fully saturated rings. The number of para-hydroxylation sites is 1. The van der Waals surface area contributed by atoms with Crippen LogP contribution in [-0.4, -0.2) is 55.2 Å². The van der Waals surface area contributed by atoms with E-state index in [0.717, 1.165) is 58.3 Å². The lowest BCUT2D eigenvalue weighted by Gasteiger charge is -2.26. The zero-order valence-electron chi connectivity index (χ0n) is 18.8. The topological polar surface area (TPSA) is 64.7 Å². The molecule has 32 heavy (non-hydrogen) atoms. The average Bonchev–Trinajstić information content (AvgIpc) is 3.22. The summed E-state index contributed by atoms with van der Waals surface area (Å²) in [4.78, 5) is 10.6. The fourth-order valence-corrected chi connectivity index (χ4v) is 3.93. The van der Waals surface area contributed by atoms with Crippen molar-refractivity contribution in [3.05, 3.63) is 71.4 Å². The van der Waals surface area contributed by atoms with E-state index >= 15 is 0 Å². The molecule has 3 N–H and O–H groups in total. The smallest absolute Gasteiger partial charge is 0.191 e. The number of H-pyrrole nitrogens is 1. The second kappa shape index (κ2) is 12.8. The van der Waals surface area contributed by atoms with E-state index in [4.69, 9.17) is 9.73 Å². The van der Waals surface area contributed by atoms with E-state index in [0.29, 0.717) is 6.54 Å². The number of fused-ring (bicyclic) bond motifs is 1. The summed E-state index contributed by atoms with van der Waals surface area (Å²) in [5.74, 6) is 0.861. The van der Waals surface area contributed by atoms with Gasteiger partial charge >= 0.3 is 0 Å². The van der Waals surface area contributed by atoms with Gasteiger partial charge in [-0.2, -0.15) is 0 Å². The number of aromatic amines is 1. The van der Waals surface area contributed by atoms with Crippen LogP contribution < -0.4 is 10.6 Å². The van der Waals surface area contributed by atoms with E-state index in [1.807, 2.05) is 0 Å². The summed E-state index contributed by atoms with van der Waals surface area (Å²) in [5.41, 5.74) is 5.09. The first-order valence-corrected chi connectivity index (χ1v) is 11.3. The SMILES string of the molecule is CCNC(=NCc1ccc(CN2CCOCC2)cc1)NCCc1c[nH]c2ccccc12.I. The third-order valence-electron chi connectivity index (χ3n) is 5.66. The highest BCUT2D eigenvalue weighted by molar-refractivity contribution is 14.0. The number of nitrogens with one attached hydrogen (secondary N) is 3. The van der Waals surface area contributed by atoms with Crippen molar-refractivity contribution in [2.24, 2.45) is 4.99 Å². The average molecular weight is 547 g/mol. The molecular weight excluding hydrogens is 513 g/mol. The Balaban J connectivity index is 0.00000289. The van der Waals surface area contributed by atoms with Crippen LogP contribution in [0.5, 0.6) is 0 Å². The van der Waals surface area contributed by atoms with E-state index in [1.54, 1.807) is 0 Å². The lowest BCUT2D eigenvalue weighted by atomic mass is 10.1. The molecule has 0 bridgehead atoms. The highest BCUT2D eigenvalue weighted by atomic mass is 127. The van der Waals surface area contributed by atoms with Crippen molar-refractivity contribution in [2.75, 3.05) is 39.4 Å². The van der Waals surface area contributed by atoms with Crippen molar-refractivity contribution in [3.8, 4) is 0 Å². The summed E-state index contributed by atoms with van der Waals surface area (Å²) in [5, 5.41) is 8.11. The molecule has 6 nitrogen and oxygen atoms in total. The third kappa shape index (κ3) is 6.95. The minimum absolute atomic E-state index is 0. The van der Waals surface area contributed by atoms with Crippen LogP contribution in [0.15, 0.2) is 59.7 Å². The Morgan fingerprint density at radius 2 is 1.78 bits per heavy atom. The Bertz CT molecular complexity index is 979. The zero-order chi connectivity index (χ0) is 21.3. The molecule has 0 unspecified atom stereocenters. The van der Waals surface area contributed by atoms with Gasteiger partial charge in [0.15, 0.2) is 5.96 Å². The first kappa shape index (κ1) is 24.5. The van der Waals surface area contributed by atoms with E-state index in [2.05, 4.69) is 82.2 Å². The molecule has 3 aromatic rings. The highest BCUT2D eigenvalue weighted by Gasteiger charge is 2.10. The van der Waals surface area contributed by atoms with Gasteiger partial charge in [-0.3, -0.25) is 4.90 Å². The van der Waals surface area contributed by atoms with Gasteiger partial charge in [-0.05, 0) is 36.1 Å². The van der Waals surface area contributed by atoms with Gasteiger partial charge in [-0.15, -0.1) is 24.0 Å². The Labute approximate surface area is 207 Å². The second-order valence-corrected chi connectivity index (χ2v) is 7.94. The van der Waals surface area contributed by atoms with Crippen molar-refractivity contribution in [2.45, 2.75) is 26.4 Å². The maximum atomic E-state index is 5.43. The molecule has 1 aliphatic heterocycles. The van der Waals surface area contributed by atoms with Crippen LogP contribution in [0, 0.1) is 0 Å². The molecule has 172 valence electrons. The molecule has 2 heterocycles. The summed E-state index contributed by atoms with van der Waals surface area (Å²) in [6.45, 7) is 9.15. The van der Waals surface area contributed by atoms with Crippen molar-refractivity contribution < 1.29 is 4.74 Å². The van der Waals surface area contributed by atoms with Crippen LogP contribution in [0.2, 0.25) is 0 Å². The van der Waals surface area contributed by atoms with Gasteiger partial charge in [0.2, 0.25) is 0 Å². The Hall–Kier alpha value is -2.10. The van der Waals surface area contributed by atoms with Gasteiger partial charge in [0.05, 0.1) is 19.8 Å². The van der Waals surface area contributed by atoms with E-state index in [1.165, 1.54) is 27.6 Å². The molecule has 7 heteroatoms. The number of aliphatic imine (C=N–C) groups is 1. The zero-order valence-corrected chi connectivity index (χ0v) is 21.1. The van der Waals surface area contributed by atoms with Crippen molar-refractivity contribution in [1.82, 2.24) is 20.5 Å². The molecule has 1 aliphatic rings. The van der Waals surface area contributed by atoms with Crippen molar-refractivity contribution in [1.29, 1.82) is 0 Å². The molecule has 0 radical (unpaired) electrons. The summed E-state index contributed by atoms with van der Waals surface area (Å²) >= 11 is 0. The van der Waals surface area contributed by atoms with Crippen LogP contribution in [0.4, 0.5) is 0 Å². The Morgan fingerprint density at radius 3 is 2.56 bits per heavy atom. The second-order valence-electron chi connectivity index (χ2n) is 7.94. The van der Waals surface area contributed by atoms with Gasteiger partial charge in [0.1, 0.15) is 0 Å². The van der Waals surface area contributed by atoms with Gasteiger partial charge in [0, 0.05) is 49.8 Å². The minimum atomic E-state index is 0. The first-order valence-electron chi connectivity index (χ1n) is 11.3. The van der Waals surface area contributed by atoms with E-state index < -0.39 is 0 Å². The molecule has 0 atom stereocenters. The number of aromatic nitrogens is 1. The largest absolute Gasteiger partial charge is 0.379 e. The molecule has 1 aromatic heterocycles. The Kier molecular flexibility index (Phi) is 9.83. The standard InChI is InChI=1S/C25H33N5O.HI/c1-2-26-25(27-12-11-22-18-28-24-6-4-3-5-23(22)24)29-17-20-7-9-21(10-8-20)19-30-13-15-31-16-14-30;/h3-10,18,28H,2,11-17,19H2,1H3,(H2,26,27,29);1H. The minimum Gasteiger partial charge on any atom is -0.379 e. The molecule has 0 amide bonds. The summed E-state index contributed by atoms with van der Waals surface area (Å²) in [6, 6.07) is 17.3. The van der Waals surface area contributed by atoms with Crippen LogP contribution in [0.3, 0.4) is 0 Å². The fourth-order valence-electron chi connectivity index (χ4n) is 3.93. The van der Waals surface area contributed by atoms with Crippen LogP contribution in [0.1, 0.15) is 23.6 Å². The number of guanidine groups is 1. The maximum absolute atomic E-state index is 5.43. The van der Waals surface area contributed by atoms with E-state index in [9.17, 15) is 0 Å². The predicted molar refractivity (Wildman–Crippen MR) is 143 cm³/mol. The number of morpholine rings is 1. The number of benzene rings is 2. The lowest BCUT2D eigenvalue weighted by molar-refractivity contribution is 0.0342. The van der Waals surface area contributed by atoms with Crippen LogP contribution in [-0.2, 0) is 24.2 Å². The third-order valence-corrected chi connectivity index (χ3v) is 5.66. The number of hydrogen-bond donors (Lipinski definition) is 3. The molecule has 2 aromatic carbocycles. The molecule has 0 spiro atoms. The van der Waals surface area contributed by atoms with Gasteiger partial charge in [-0.1, -0.05) is 42.5 Å². The lowest BCUT2D eigenvalue weighted by Crippen LogP contribution is -2.38. The van der Waals surface area contributed by atoms with Crippen LogP contribution in [0.25, 0.3) is 10.9 Å². The molecule has 0 aliphatic carbocycles. The normalized spacial score (nSPS) is 14.8. The number of ether oxygens (including phenoxy) is 1. The maximum Gasteiger partial charge on any atom is 0.191 e.